The zero-order chi connectivity index (χ0) is 13.5. The summed E-state index contributed by atoms with van der Waals surface area (Å²) in [5.41, 5.74) is 1.83. The Morgan fingerprint density at radius 3 is 2.67 bits per heavy atom. The van der Waals surface area contributed by atoms with E-state index < -0.39 is 0 Å². The number of carbonyl (C=O) groups is 1. The quantitative estimate of drug-likeness (QED) is 0.786. The molecule has 1 aromatic rings. The molecule has 0 fully saturated rings. The van der Waals surface area contributed by atoms with E-state index in [1.54, 1.807) is 18.2 Å². The molecule has 0 aliphatic rings. The van der Waals surface area contributed by atoms with Crippen molar-refractivity contribution in [2.24, 2.45) is 0 Å². The fraction of sp³-hybridized carbons (Fsp3) is 0.400. The topological polar surface area (TPSA) is 46.5 Å². The van der Waals surface area contributed by atoms with Crippen LogP contribution in [0.5, 0.6) is 11.5 Å². The number of hydrogen-bond acceptors (Lipinski definition) is 3. The molecular weight excluding hydrogens is 228 g/mol. The monoisotopic (exact) mass is 248 g/mol. The summed E-state index contributed by atoms with van der Waals surface area (Å²) in [6.07, 6.45) is 2.72. The van der Waals surface area contributed by atoms with Gasteiger partial charge in [0, 0.05) is 24.5 Å². The van der Waals surface area contributed by atoms with Gasteiger partial charge in [-0.3, -0.25) is 4.79 Å². The van der Waals surface area contributed by atoms with Gasteiger partial charge in [-0.25, -0.2) is 0 Å². The molecular formula is C15H20O3. The second-order valence-electron chi connectivity index (χ2n) is 4.45. The van der Waals surface area contributed by atoms with Crippen molar-refractivity contribution < 1.29 is 14.6 Å². The van der Waals surface area contributed by atoms with Crippen molar-refractivity contribution in [1.29, 1.82) is 0 Å². The Hall–Kier alpha value is -1.77. The van der Waals surface area contributed by atoms with Crippen LogP contribution < -0.4 is 4.74 Å². The number of Topliss-reactive ketones (excluding diaryl/α,β-unsaturated/α-hetero) is 1. The Balaban J connectivity index is 2.67. The maximum atomic E-state index is 11.3. The highest BCUT2D eigenvalue weighted by molar-refractivity contribution is 5.81. The first-order valence-corrected chi connectivity index (χ1v) is 6.12. The zero-order valence-corrected chi connectivity index (χ0v) is 11.2. The third-order valence-corrected chi connectivity index (χ3v) is 2.58. The van der Waals surface area contributed by atoms with Gasteiger partial charge in [-0.2, -0.15) is 0 Å². The van der Waals surface area contributed by atoms with Crippen molar-refractivity contribution in [2.75, 3.05) is 6.61 Å². The summed E-state index contributed by atoms with van der Waals surface area (Å²) in [5, 5.41) is 9.80. The molecule has 0 unspecified atom stereocenters. The molecule has 0 aliphatic carbocycles. The molecule has 0 aliphatic heterocycles. The van der Waals surface area contributed by atoms with Crippen molar-refractivity contribution in [1.82, 2.24) is 0 Å². The van der Waals surface area contributed by atoms with Crippen LogP contribution >= 0.6 is 0 Å². The lowest BCUT2D eigenvalue weighted by atomic mass is 10.1. The highest BCUT2D eigenvalue weighted by atomic mass is 16.5. The average molecular weight is 248 g/mol. The summed E-state index contributed by atoms with van der Waals surface area (Å²) in [5.74, 6) is 0.840. The van der Waals surface area contributed by atoms with Gasteiger partial charge in [-0.05, 0) is 26.0 Å². The van der Waals surface area contributed by atoms with E-state index in [9.17, 15) is 9.90 Å². The summed E-state index contributed by atoms with van der Waals surface area (Å²) in [4.78, 5) is 11.3. The van der Waals surface area contributed by atoms with E-state index >= 15 is 0 Å². The predicted octanol–water partition coefficient (Wildman–Crippen LogP) is 3.26. The molecule has 98 valence electrons. The van der Waals surface area contributed by atoms with Gasteiger partial charge in [0.1, 0.15) is 23.9 Å². The minimum atomic E-state index is 0.114. The molecule has 0 spiro atoms. The molecule has 1 N–H and O–H groups in total. The summed E-state index contributed by atoms with van der Waals surface area (Å²) >= 11 is 0. The Morgan fingerprint density at radius 1 is 1.39 bits per heavy atom. The molecule has 0 bridgehead atoms. The number of ether oxygens (including phenoxy) is 1. The standard InChI is InChI=1S/C15H20O3/c1-4-13(16)9-12-5-6-14(10-15(12)17)18-8-7-11(2)3/h5-7,10,17H,4,8-9H2,1-3H3. The van der Waals surface area contributed by atoms with Gasteiger partial charge < -0.3 is 9.84 Å². The molecule has 0 atom stereocenters. The third kappa shape index (κ3) is 4.62. The van der Waals surface area contributed by atoms with Crippen molar-refractivity contribution >= 4 is 5.78 Å². The van der Waals surface area contributed by atoms with E-state index in [4.69, 9.17) is 4.74 Å². The van der Waals surface area contributed by atoms with Crippen molar-refractivity contribution in [3.8, 4) is 11.5 Å². The second kappa shape index (κ2) is 6.84. The van der Waals surface area contributed by atoms with Crippen LogP contribution in [0.15, 0.2) is 29.8 Å². The zero-order valence-electron chi connectivity index (χ0n) is 11.2. The SMILES string of the molecule is CCC(=O)Cc1ccc(OCC=C(C)C)cc1O. The molecule has 0 aromatic heterocycles. The maximum absolute atomic E-state index is 11.3. The predicted molar refractivity (Wildman–Crippen MR) is 72.0 cm³/mol. The lowest BCUT2D eigenvalue weighted by Crippen LogP contribution is -2.01. The fourth-order valence-corrected chi connectivity index (χ4v) is 1.42. The normalized spacial score (nSPS) is 9.94. The highest BCUT2D eigenvalue weighted by Crippen LogP contribution is 2.24. The number of benzene rings is 1. The van der Waals surface area contributed by atoms with Gasteiger partial charge in [0.15, 0.2) is 0 Å². The summed E-state index contributed by atoms with van der Waals surface area (Å²) in [7, 11) is 0. The number of ketones is 1. The lowest BCUT2D eigenvalue weighted by Gasteiger charge is -2.07. The number of aromatic hydroxyl groups is 1. The first-order valence-electron chi connectivity index (χ1n) is 6.12. The highest BCUT2D eigenvalue weighted by Gasteiger charge is 2.07. The van der Waals surface area contributed by atoms with Crippen LogP contribution in [0.3, 0.4) is 0 Å². The van der Waals surface area contributed by atoms with Gasteiger partial charge in [0.25, 0.3) is 0 Å². The number of phenolic OH excluding ortho intramolecular Hbond substituents is 1. The van der Waals surface area contributed by atoms with Crippen LogP contribution in [0.1, 0.15) is 32.8 Å². The second-order valence-corrected chi connectivity index (χ2v) is 4.45. The van der Waals surface area contributed by atoms with Crippen LogP contribution in [-0.2, 0) is 11.2 Å². The van der Waals surface area contributed by atoms with E-state index in [2.05, 4.69) is 0 Å². The molecule has 0 heterocycles. The molecule has 0 saturated heterocycles. The molecule has 0 amide bonds. The van der Waals surface area contributed by atoms with E-state index in [0.717, 1.165) is 0 Å². The average Bonchev–Trinajstić information content (AvgIpc) is 2.32. The summed E-state index contributed by atoms with van der Waals surface area (Å²) in [6, 6.07) is 5.06. The Labute approximate surface area is 108 Å². The molecule has 18 heavy (non-hydrogen) atoms. The van der Waals surface area contributed by atoms with Crippen LogP contribution in [0, 0.1) is 0 Å². The maximum Gasteiger partial charge on any atom is 0.137 e. The van der Waals surface area contributed by atoms with Crippen molar-refractivity contribution in [3.05, 3.63) is 35.4 Å². The minimum Gasteiger partial charge on any atom is -0.508 e. The van der Waals surface area contributed by atoms with Crippen LogP contribution in [0.2, 0.25) is 0 Å². The minimum absolute atomic E-state index is 0.114. The number of hydrogen-bond donors (Lipinski definition) is 1. The van der Waals surface area contributed by atoms with Crippen molar-refractivity contribution in [2.45, 2.75) is 33.6 Å². The number of carbonyl (C=O) groups excluding carboxylic acids is 1. The van der Waals surface area contributed by atoms with Crippen molar-refractivity contribution in [3.63, 3.8) is 0 Å². The Kier molecular flexibility index (Phi) is 5.43. The van der Waals surface area contributed by atoms with Gasteiger partial charge in [0.05, 0.1) is 0 Å². The molecule has 1 rings (SSSR count). The largest absolute Gasteiger partial charge is 0.508 e. The van der Waals surface area contributed by atoms with Crippen LogP contribution in [-0.4, -0.2) is 17.5 Å². The number of allylic oxidation sites excluding steroid dienone is 1. The van der Waals surface area contributed by atoms with Crippen LogP contribution in [0.4, 0.5) is 0 Å². The van der Waals surface area contributed by atoms with Gasteiger partial charge in [0.2, 0.25) is 0 Å². The first kappa shape index (κ1) is 14.3. The van der Waals surface area contributed by atoms with E-state index in [1.165, 1.54) is 5.57 Å². The first-order chi connectivity index (χ1) is 8.52. The summed E-state index contributed by atoms with van der Waals surface area (Å²) < 4.78 is 5.46. The number of phenols is 1. The summed E-state index contributed by atoms with van der Waals surface area (Å²) in [6.45, 7) is 6.30. The molecule has 3 nitrogen and oxygen atoms in total. The van der Waals surface area contributed by atoms with Gasteiger partial charge in [-0.1, -0.05) is 18.6 Å². The lowest BCUT2D eigenvalue weighted by molar-refractivity contribution is -0.118. The molecule has 3 heteroatoms. The van der Waals surface area contributed by atoms with E-state index in [-0.39, 0.29) is 18.0 Å². The third-order valence-electron chi connectivity index (χ3n) is 2.58. The van der Waals surface area contributed by atoms with Gasteiger partial charge >= 0.3 is 0 Å². The smallest absolute Gasteiger partial charge is 0.137 e. The molecule has 1 aromatic carbocycles. The van der Waals surface area contributed by atoms with E-state index in [1.807, 2.05) is 26.8 Å². The van der Waals surface area contributed by atoms with Gasteiger partial charge in [-0.15, -0.1) is 0 Å². The van der Waals surface area contributed by atoms with Crippen LogP contribution in [0.25, 0.3) is 0 Å². The molecule has 0 radical (unpaired) electrons. The molecule has 0 saturated carbocycles. The number of rotatable bonds is 6. The Bertz CT molecular complexity index is 443. The fourth-order valence-electron chi connectivity index (χ4n) is 1.42. The Morgan fingerprint density at radius 2 is 2.11 bits per heavy atom. The van der Waals surface area contributed by atoms with E-state index in [0.29, 0.717) is 24.3 Å².